The molecule has 0 radical (unpaired) electrons. The molecule has 4 nitrogen and oxygen atoms in total. The molecule has 35 heavy (non-hydrogen) atoms. The van der Waals surface area contributed by atoms with E-state index in [1.165, 1.54) is 69.3 Å². The van der Waals surface area contributed by atoms with Gasteiger partial charge in [0.1, 0.15) is 5.75 Å². The first kappa shape index (κ1) is 25.4. The molecule has 1 aliphatic rings. The second kappa shape index (κ2) is 14.0. The molecule has 4 heteroatoms. The van der Waals surface area contributed by atoms with Gasteiger partial charge < -0.3 is 9.64 Å². The summed E-state index contributed by atoms with van der Waals surface area (Å²) in [5.74, 6) is 1.82. The van der Waals surface area contributed by atoms with E-state index in [2.05, 4.69) is 75.4 Å². The first-order valence-corrected chi connectivity index (χ1v) is 13.3. The van der Waals surface area contributed by atoms with Gasteiger partial charge in [-0.25, -0.2) is 0 Å². The number of rotatable bonds is 13. The molecule has 0 saturated carbocycles. The lowest BCUT2D eigenvalue weighted by molar-refractivity contribution is 0.179. The van der Waals surface area contributed by atoms with Gasteiger partial charge >= 0.3 is 0 Å². The van der Waals surface area contributed by atoms with Gasteiger partial charge in [0.25, 0.3) is 0 Å². The summed E-state index contributed by atoms with van der Waals surface area (Å²) < 4.78 is 5.60. The highest BCUT2D eigenvalue weighted by Crippen LogP contribution is 2.23. The van der Waals surface area contributed by atoms with Crippen LogP contribution in [0, 0.1) is 5.92 Å². The molecule has 1 saturated heterocycles. The van der Waals surface area contributed by atoms with Crippen LogP contribution in [0.25, 0.3) is 0 Å². The monoisotopic (exact) mass is 471 g/mol. The van der Waals surface area contributed by atoms with Crippen molar-refractivity contribution >= 4 is 0 Å². The zero-order chi connectivity index (χ0) is 24.1. The van der Waals surface area contributed by atoms with Crippen LogP contribution in [0.15, 0.2) is 79.0 Å². The van der Waals surface area contributed by atoms with Gasteiger partial charge in [-0.1, -0.05) is 61.0 Å². The van der Waals surface area contributed by atoms with Crippen molar-refractivity contribution in [2.75, 3.05) is 33.3 Å². The van der Waals surface area contributed by atoms with Crippen LogP contribution in [0.5, 0.6) is 5.75 Å². The van der Waals surface area contributed by atoms with Crippen LogP contribution in [0.1, 0.15) is 48.9 Å². The summed E-state index contributed by atoms with van der Waals surface area (Å²) in [6, 6.07) is 25.5. The van der Waals surface area contributed by atoms with Gasteiger partial charge in [0.15, 0.2) is 0 Å². The van der Waals surface area contributed by atoms with Crippen molar-refractivity contribution in [2.24, 2.45) is 5.92 Å². The predicted octanol–water partition coefficient (Wildman–Crippen LogP) is 6.22. The van der Waals surface area contributed by atoms with E-state index in [-0.39, 0.29) is 0 Å². The second-order valence-corrected chi connectivity index (χ2v) is 9.88. The van der Waals surface area contributed by atoms with Crippen LogP contribution in [0.4, 0.5) is 0 Å². The smallest absolute Gasteiger partial charge is 0.123 e. The second-order valence-electron chi connectivity index (χ2n) is 9.88. The van der Waals surface area contributed by atoms with Crippen molar-refractivity contribution in [3.05, 3.63) is 95.8 Å². The van der Waals surface area contributed by atoms with Crippen molar-refractivity contribution in [1.29, 1.82) is 0 Å². The Bertz CT molecular complexity index is 971. The van der Waals surface area contributed by atoms with Gasteiger partial charge in [-0.3, -0.25) is 9.88 Å². The number of likely N-dealkylation sites (tertiary alicyclic amines) is 1. The summed E-state index contributed by atoms with van der Waals surface area (Å²) in [7, 11) is 1.76. The predicted molar refractivity (Wildman–Crippen MR) is 145 cm³/mol. The van der Waals surface area contributed by atoms with Crippen LogP contribution < -0.4 is 4.74 Å². The summed E-state index contributed by atoms with van der Waals surface area (Å²) in [4.78, 5) is 9.75. The molecule has 0 spiro atoms. The Morgan fingerprint density at radius 3 is 2.40 bits per heavy atom. The van der Waals surface area contributed by atoms with Crippen molar-refractivity contribution in [2.45, 2.75) is 51.6 Å². The number of methoxy groups -OCH3 is 1. The third kappa shape index (κ3) is 8.48. The standard InChI is InChI=1S/C31H41N3O/c1-35-31-16-7-6-14-29(31)25-34(26-30-15-8-9-19-32-30)21-11-3-10-20-33-22-17-28(18-23-33)24-27-12-4-2-5-13-27/h2,4-9,12-16,19,28H,3,10-11,17-18,20-26H2,1H3. The number of piperidine rings is 1. The fourth-order valence-electron chi connectivity index (χ4n) is 5.22. The zero-order valence-corrected chi connectivity index (χ0v) is 21.3. The number of aromatic nitrogens is 1. The van der Waals surface area contributed by atoms with Gasteiger partial charge in [-0.2, -0.15) is 0 Å². The third-order valence-corrected chi connectivity index (χ3v) is 7.22. The largest absolute Gasteiger partial charge is 0.496 e. The number of nitrogens with zero attached hydrogens (tertiary/aromatic N) is 3. The minimum Gasteiger partial charge on any atom is -0.496 e. The molecule has 3 aromatic rings. The average Bonchev–Trinajstić information content (AvgIpc) is 2.91. The SMILES string of the molecule is COc1ccccc1CN(CCCCCN1CCC(Cc2ccccc2)CC1)Cc1ccccn1. The molecule has 1 aliphatic heterocycles. The van der Waals surface area contributed by atoms with Crippen LogP contribution >= 0.6 is 0 Å². The summed E-state index contributed by atoms with van der Waals surface area (Å²) >= 11 is 0. The maximum absolute atomic E-state index is 5.60. The number of ether oxygens (including phenoxy) is 1. The lowest BCUT2D eigenvalue weighted by atomic mass is 9.90. The molecule has 0 unspecified atom stereocenters. The molecular weight excluding hydrogens is 430 g/mol. The number of benzene rings is 2. The number of pyridine rings is 1. The van der Waals surface area contributed by atoms with E-state index in [0.717, 1.165) is 37.0 Å². The van der Waals surface area contributed by atoms with Gasteiger partial charge in [-0.15, -0.1) is 0 Å². The van der Waals surface area contributed by atoms with Crippen LogP contribution in [-0.2, 0) is 19.5 Å². The highest BCUT2D eigenvalue weighted by molar-refractivity contribution is 5.33. The van der Waals surface area contributed by atoms with Gasteiger partial charge in [0, 0.05) is 24.8 Å². The van der Waals surface area contributed by atoms with E-state index < -0.39 is 0 Å². The zero-order valence-electron chi connectivity index (χ0n) is 21.3. The van der Waals surface area contributed by atoms with Crippen molar-refractivity contribution < 1.29 is 4.74 Å². The van der Waals surface area contributed by atoms with Gasteiger partial charge in [0.05, 0.1) is 12.8 Å². The van der Waals surface area contributed by atoms with Crippen molar-refractivity contribution in [1.82, 2.24) is 14.8 Å². The van der Waals surface area contributed by atoms with Gasteiger partial charge in [0.2, 0.25) is 0 Å². The molecule has 2 aromatic carbocycles. The Labute approximate surface area is 212 Å². The Morgan fingerprint density at radius 2 is 1.63 bits per heavy atom. The Kier molecular flexibility index (Phi) is 10.2. The lowest BCUT2D eigenvalue weighted by Gasteiger charge is -2.32. The normalized spacial score (nSPS) is 14.9. The highest BCUT2D eigenvalue weighted by Gasteiger charge is 2.19. The molecule has 0 amide bonds. The maximum Gasteiger partial charge on any atom is 0.123 e. The van der Waals surface area contributed by atoms with Crippen LogP contribution in [0.3, 0.4) is 0 Å². The quantitative estimate of drug-likeness (QED) is 0.277. The Morgan fingerprint density at radius 1 is 0.857 bits per heavy atom. The molecule has 186 valence electrons. The minimum absolute atomic E-state index is 0.851. The fourth-order valence-corrected chi connectivity index (χ4v) is 5.22. The van der Waals surface area contributed by atoms with E-state index in [4.69, 9.17) is 4.74 Å². The Hall–Kier alpha value is -2.69. The highest BCUT2D eigenvalue weighted by atomic mass is 16.5. The third-order valence-electron chi connectivity index (χ3n) is 7.22. The first-order valence-electron chi connectivity index (χ1n) is 13.3. The molecule has 2 heterocycles. The lowest BCUT2D eigenvalue weighted by Crippen LogP contribution is -2.35. The van der Waals surface area contributed by atoms with E-state index in [1.807, 2.05) is 18.3 Å². The molecular formula is C31H41N3O. The van der Waals surface area contributed by atoms with E-state index in [9.17, 15) is 0 Å². The summed E-state index contributed by atoms with van der Waals surface area (Å²) in [6.45, 7) is 6.59. The fraction of sp³-hybridized carbons (Fsp3) is 0.452. The average molecular weight is 472 g/mol. The molecule has 0 aliphatic carbocycles. The molecule has 1 fully saturated rings. The molecule has 0 N–H and O–H groups in total. The molecule has 1 aromatic heterocycles. The first-order chi connectivity index (χ1) is 17.3. The maximum atomic E-state index is 5.60. The summed E-state index contributed by atoms with van der Waals surface area (Å²) in [5, 5.41) is 0. The topological polar surface area (TPSA) is 28.6 Å². The minimum atomic E-state index is 0.851. The Balaban J connectivity index is 1.18. The van der Waals surface area contributed by atoms with Crippen molar-refractivity contribution in [3.8, 4) is 5.75 Å². The number of hydrogen-bond donors (Lipinski definition) is 0. The summed E-state index contributed by atoms with van der Waals surface area (Å²) in [6.07, 6.45) is 9.58. The van der Waals surface area contributed by atoms with E-state index in [1.54, 1.807) is 7.11 Å². The number of unbranched alkanes of at least 4 members (excludes halogenated alkanes) is 2. The van der Waals surface area contributed by atoms with E-state index >= 15 is 0 Å². The molecule has 0 atom stereocenters. The number of hydrogen-bond acceptors (Lipinski definition) is 4. The number of para-hydroxylation sites is 1. The van der Waals surface area contributed by atoms with Gasteiger partial charge in [-0.05, 0) is 88.0 Å². The van der Waals surface area contributed by atoms with E-state index in [0.29, 0.717) is 0 Å². The summed E-state index contributed by atoms with van der Waals surface area (Å²) in [5.41, 5.74) is 3.86. The molecule has 4 rings (SSSR count). The van der Waals surface area contributed by atoms with Crippen molar-refractivity contribution in [3.63, 3.8) is 0 Å². The van der Waals surface area contributed by atoms with Crippen LogP contribution in [-0.4, -0.2) is 48.1 Å². The van der Waals surface area contributed by atoms with Crippen LogP contribution in [0.2, 0.25) is 0 Å². The molecule has 0 bridgehead atoms.